The molecule has 2 aliphatic heterocycles. The van der Waals surface area contributed by atoms with Crippen molar-refractivity contribution in [2.75, 3.05) is 39.4 Å². The van der Waals surface area contributed by atoms with Crippen LogP contribution in [-0.2, 0) is 9.53 Å². The lowest BCUT2D eigenvalue weighted by Gasteiger charge is -2.25. The molecule has 0 radical (unpaired) electrons. The van der Waals surface area contributed by atoms with Crippen LogP contribution in [0.15, 0.2) is 0 Å². The molecule has 0 aromatic rings. The molecule has 2 heterocycles. The zero-order valence-corrected chi connectivity index (χ0v) is 10.2. The van der Waals surface area contributed by atoms with E-state index in [4.69, 9.17) is 4.74 Å². The molecule has 1 unspecified atom stereocenters. The third-order valence-corrected chi connectivity index (χ3v) is 3.59. The van der Waals surface area contributed by atoms with Crippen LogP contribution in [-0.4, -0.2) is 61.1 Å². The maximum atomic E-state index is 11.9. The van der Waals surface area contributed by atoms with Crippen molar-refractivity contribution in [2.24, 2.45) is 0 Å². The molecule has 0 aromatic heterocycles. The largest absolute Gasteiger partial charge is 0.372 e. The molecule has 0 saturated carbocycles. The second kappa shape index (κ2) is 5.64. The number of amides is 1. The summed E-state index contributed by atoms with van der Waals surface area (Å²) < 4.78 is 5.20. The molecule has 92 valence electrons. The SMILES string of the molecule is CCOCC(=O)N1CCCN2CCCC2C1. The van der Waals surface area contributed by atoms with Crippen molar-refractivity contribution in [3.63, 3.8) is 0 Å². The second-order valence-electron chi connectivity index (χ2n) is 4.66. The number of hydrogen-bond donors (Lipinski definition) is 0. The molecule has 2 rings (SSSR count). The van der Waals surface area contributed by atoms with Crippen LogP contribution in [0.25, 0.3) is 0 Å². The monoisotopic (exact) mass is 226 g/mol. The van der Waals surface area contributed by atoms with Crippen LogP contribution in [0.4, 0.5) is 0 Å². The summed E-state index contributed by atoms with van der Waals surface area (Å²) in [5.41, 5.74) is 0. The highest BCUT2D eigenvalue weighted by molar-refractivity contribution is 5.77. The molecule has 16 heavy (non-hydrogen) atoms. The van der Waals surface area contributed by atoms with E-state index in [1.54, 1.807) is 0 Å². The molecular weight excluding hydrogens is 204 g/mol. The second-order valence-corrected chi connectivity index (χ2v) is 4.66. The van der Waals surface area contributed by atoms with Gasteiger partial charge < -0.3 is 9.64 Å². The summed E-state index contributed by atoms with van der Waals surface area (Å²) in [6, 6.07) is 0.605. The van der Waals surface area contributed by atoms with Crippen molar-refractivity contribution in [2.45, 2.75) is 32.2 Å². The highest BCUT2D eigenvalue weighted by atomic mass is 16.5. The van der Waals surface area contributed by atoms with Gasteiger partial charge in [-0.3, -0.25) is 9.69 Å². The van der Waals surface area contributed by atoms with E-state index in [1.165, 1.54) is 19.4 Å². The van der Waals surface area contributed by atoms with Crippen LogP contribution in [0, 0.1) is 0 Å². The molecule has 0 N–H and O–H groups in total. The van der Waals surface area contributed by atoms with Gasteiger partial charge in [0.25, 0.3) is 0 Å². The molecule has 2 saturated heterocycles. The van der Waals surface area contributed by atoms with Crippen LogP contribution in [0.3, 0.4) is 0 Å². The fourth-order valence-electron chi connectivity index (χ4n) is 2.71. The van der Waals surface area contributed by atoms with Crippen LogP contribution in [0.2, 0.25) is 0 Å². The van der Waals surface area contributed by atoms with Gasteiger partial charge in [0.1, 0.15) is 6.61 Å². The lowest BCUT2D eigenvalue weighted by atomic mass is 10.2. The fraction of sp³-hybridized carbons (Fsp3) is 0.917. The van der Waals surface area contributed by atoms with Crippen LogP contribution in [0.1, 0.15) is 26.2 Å². The molecular formula is C12H22N2O2. The first-order chi connectivity index (χ1) is 7.81. The predicted octanol–water partition coefficient (Wildman–Crippen LogP) is 0.720. The Bertz CT molecular complexity index is 245. The molecule has 0 bridgehead atoms. The molecule has 2 fully saturated rings. The lowest BCUT2D eigenvalue weighted by Crippen LogP contribution is -2.41. The summed E-state index contributed by atoms with van der Waals surface area (Å²) in [6.07, 6.45) is 3.64. The highest BCUT2D eigenvalue weighted by Gasteiger charge is 2.30. The van der Waals surface area contributed by atoms with Crippen molar-refractivity contribution < 1.29 is 9.53 Å². The van der Waals surface area contributed by atoms with Gasteiger partial charge in [0.05, 0.1) is 0 Å². The molecule has 0 aromatic carbocycles. The molecule has 1 amide bonds. The van der Waals surface area contributed by atoms with E-state index in [9.17, 15) is 4.79 Å². The Morgan fingerprint density at radius 1 is 1.31 bits per heavy atom. The number of nitrogens with zero attached hydrogens (tertiary/aromatic N) is 2. The summed E-state index contributed by atoms with van der Waals surface area (Å²) in [5.74, 6) is 0.163. The van der Waals surface area contributed by atoms with Crippen molar-refractivity contribution >= 4 is 5.91 Å². The molecule has 4 nitrogen and oxygen atoms in total. The minimum atomic E-state index is 0.163. The van der Waals surface area contributed by atoms with E-state index in [0.29, 0.717) is 12.6 Å². The van der Waals surface area contributed by atoms with Crippen LogP contribution < -0.4 is 0 Å². The number of rotatable bonds is 3. The normalized spacial score (nSPS) is 26.6. The van der Waals surface area contributed by atoms with Gasteiger partial charge in [-0.05, 0) is 32.7 Å². The number of carbonyl (C=O) groups is 1. The summed E-state index contributed by atoms with van der Waals surface area (Å²) in [6.45, 7) is 6.98. The van der Waals surface area contributed by atoms with E-state index in [2.05, 4.69) is 4.90 Å². The Labute approximate surface area is 97.5 Å². The minimum absolute atomic E-state index is 0.163. The van der Waals surface area contributed by atoms with Gasteiger partial charge in [0, 0.05) is 32.3 Å². The zero-order valence-electron chi connectivity index (χ0n) is 10.2. The van der Waals surface area contributed by atoms with E-state index >= 15 is 0 Å². The van der Waals surface area contributed by atoms with Crippen molar-refractivity contribution in [1.29, 1.82) is 0 Å². The average molecular weight is 226 g/mol. The van der Waals surface area contributed by atoms with Gasteiger partial charge in [-0.1, -0.05) is 0 Å². The Morgan fingerprint density at radius 3 is 2.94 bits per heavy atom. The first kappa shape index (κ1) is 11.9. The molecule has 1 atom stereocenters. The zero-order chi connectivity index (χ0) is 11.4. The van der Waals surface area contributed by atoms with Crippen LogP contribution >= 0.6 is 0 Å². The lowest BCUT2D eigenvalue weighted by molar-refractivity contribution is -0.136. The standard InChI is InChI=1S/C12H22N2O2/c1-2-16-10-12(15)14-8-4-7-13-6-3-5-11(13)9-14/h11H,2-10H2,1H3. The van der Waals surface area contributed by atoms with Gasteiger partial charge in [-0.25, -0.2) is 0 Å². The highest BCUT2D eigenvalue weighted by Crippen LogP contribution is 2.21. The fourth-order valence-corrected chi connectivity index (χ4v) is 2.71. The number of hydrogen-bond acceptors (Lipinski definition) is 3. The number of carbonyl (C=O) groups excluding carboxylic acids is 1. The first-order valence-corrected chi connectivity index (χ1v) is 6.41. The first-order valence-electron chi connectivity index (χ1n) is 6.41. The summed E-state index contributed by atoms with van der Waals surface area (Å²) in [4.78, 5) is 16.4. The third kappa shape index (κ3) is 2.74. The number of fused-ring (bicyclic) bond motifs is 1. The van der Waals surface area contributed by atoms with Crippen LogP contribution in [0.5, 0.6) is 0 Å². The van der Waals surface area contributed by atoms with Crippen molar-refractivity contribution in [3.05, 3.63) is 0 Å². The Balaban J connectivity index is 1.87. The van der Waals surface area contributed by atoms with Gasteiger partial charge in [0.15, 0.2) is 0 Å². The maximum absolute atomic E-state index is 11.9. The molecule has 0 spiro atoms. The van der Waals surface area contributed by atoms with Gasteiger partial charge in [0.2, 0.25) is 5.91 Å². The molecule has 2 aliphatic rings. The predicted molar refractivity (Wildman–Crippen MR) is 62.3 cm³/mol. The van der Waals surface area contributed by atoms with Gasteiger partial charge in [-0.15, -0.1) is 0 Å². The summed E-state index contributed by atoms with van der Waals surface area (Å²) in [7, 11) is 0. The topological polar surface area (TPSA) is 32.8 Å². The minimum Gasteiger partial charge on any atom is -0.372 e. The number of ether oxygens (including phenoxy) is 1. The maximum Gasteiger partial charge on any atom is 0.248 e. The van der Waals surface area contributed by atoms with Gasteiger partial charge >= 0.3 is 0 Å². The average Bonchev–Trinajstić information content (AvgIpc) is 2.63. The van der Waals surface area contributed by atoms with E-state index in [1.807, 2.05) is 11.8 Å². The Hall–Kier alpha value is -0.610. The van der Waals surface area contributed by atoms with Gasteiger partial charge in [-0.2, -0.15) is 0 Å². The summed E-state index contributed by atoms with van der Waals surface area (Å²) >= 11 is 0. The van der Waals surface area contributed by atoms with E-state index in [0.717, 1.165) is 26.1 Å². The smallest absolute Gasteiger partial charge is 0.248 e. The Morgan fingerprint density at radius 2 is 2.12 bits per heavy atom. The summed E-state index contributed by atoms with van der Waals surface area (Å²) in [5, 5.41) is 0. The quantitative estimate of drug-likeness (QED) is 0.711. The van der Waals surface area contributed by atoms with Crippen molar-refractivity contribution in [3.8, 4) is 0 Å². The van der Waals surface area contributed by atoms with E-state index < -0.39 is 0 Å². The Kier molecular flexibility index (Phi) is 4.18. The molecule has 4 heteroatoms. The van der Waals surface area contributed by atoms with E-state index in [-0.39, 0.29) is 12.5 Å². The molecule has 0 aliphatic carbocycles. The third-order valence-electron chi connectivity index (χ3n) is 3.59. The van der Waals surface area contributed by atoms with Crippen molar-refractivity contribution in [1.82, 2.24) is 9.80 Å².